The van der Waals surface area contributed by atoms with Gasteiger partial charge in [-0.05, 0) is 0 Å². The predicted molar refractivity (Wildman–Crippen MR) is 50.2 cm³/mol. The first-order valence-corrected chi connectivity index (χ1v) is 3.29. The second-order valence-electron chi connectivity index (χ2n) is 2.77. The van der Waals surface area contributed by atoms with Crippen LogP contribution in [0, 0.1) is 0 Å². The topological polar surface area (TPSA) is 54.7 Å². The number of nitrogens with zero attached hydrogens (tertiary/aromatic N) is 1. The third-order valence-electron chi connectivity index (χ3n) is 1.66. The molecule has 0 spiro atoms. The van der Waals surface area contributed by atoms with Gasteiger partial charge in [0, 0.05) is 11.9 Å². The van der Waals surface area contributed by atoms with Crippen LogP contribution < -0.4 is 5.73 Å². The first-order chi connectivity index (χ1) is 5.36. The van der Waals surface area contributed by atoms with E-state index in [0.29, 0.717) is 5.69 Å². The Morgan fingerprint density at radius 1 is 1.33 bits per heavy atom. The molecule has 0 saturated carbocycles. The van der Waals surface area contributed by atoms with E-state index in [1.165, 1.54) is 12.5 Å². The number of imidazole rings is 1. The summed E-state index contributed by atoms with van der Waals surface area (Å²) in [5.41, 5.74) is 5.75. The van der Waals surface area contributed by atoms with Crippen LogP contribution >= 0.6 is 0 Å². The average molecular weight is 150 g/mol. The summed E-state index contributed by atoms with van der Waals surface area (Å²) in [6, 6.07) is 0. The molecule has 0 aliphatic heterocycles. The number of hydrogen-bond acceptors (Lipinski definition) is 2. The molecule has 1 rings (SSSR count). The van der Waals surface area contributed by atoms with Gasteiger partial charge in [-0.25, -0.2) is 4.98 Å². The molecule has 7 heteroatoms. The number of rotatable bonds is 2. The Hall–Kier alpha value is -0.570. The summed E-state index contributed by atoms with van der Waals surface area (Å²) < 4.78 is 0. The summed E-state index contributed by atoms with van der Waals surface area (Å²) in [5, 5.41) is -3.22. The van der Waals surface area contributed by atoms with E-state index < -0.39 is 10.6 Å². The molecule has 0 bridgehead atoms. The maximum Gasteiger partial charge on any atom is 0.0921 e. The minimum atomic E-state index is -1.69. The fourth-order valence-corrected chi connectivity index (χ4v) is 0.715. The van der Waals surface area contributed by atoms with Crippen molar-refractivity contribution < 1.29 is 0 Å². The largest absolute Gasteiger partial charge is 0.349 e. The van der Waals surface area contributed by atoms with E-state index in [1.807, 2.05) is 0 Å². The van der Waals surface area contributed by atoms with Gasteiger partial charge in [-0.2, -0.15) is 0 Å². The van der Waals surface area contributed by atoms with Crippen LogP contribution in [0.15, 0.2) is 12.5 Å². The zero-order valence-corrected chi connectivity index (χ0v) is 6.49. The minimum absolute atomic E-state index is 0.384. The molecule has 0 aliphatic rings. The van der Waals surface area contributed by atoms with Crippen molar-refractivity contribution in [3.8, 4) is 0 Å². The van der Waals surface area contributed by atoms with E-state index in [9.17, 15) is 0 Å². The number of H-pyrrole nitrogens is 1. The summed E-state index contributed by atoms with van der Waals surface area (Å²) in [6.07, 6.45) is 2.83. The van der Waals surface area contributed by atoms with Crippen molar-refractivity contribution in [2.75, 3.05) is 0 Å². The molecule has 0 amide bonds. The third kappa shape index (κ3) is 1.46. The zero-order chi connectivity index (χ0) is 9.41. The van der Waals surface area contributed by atoms with Crippen LogP contribution in [0.1, 0.15) is 5.69 Å². The third-order valence-corrected chi connectivity index (χ3v) is 1.66. The highest BCUT2D eigenvalue weighted by Gasteiger charge is 2.33. The fraction of sp³-hybridized carbons (Fsp3) is 0.400. The van der Waals surface area contributed by atoms with Gasteiger partial charge < -0.3 is 10.7 Å². The van der Waals surface area contributed by atoms with Gasteiger partial charge in [0.2, 0.25) is 0 Å². The van der Waals surface area contributed by atoms with Gasteiger partial charge in [0.05, 0.1) is 37.7 Å². The second-order valence-corrected chi connectivity index (χ2v) is 2.77. The van der Waals surface area contributed by atoms with Crippen molar-refractivity contribution in [2.45, 2.75) is 10.6 Å². The number of aromatic nitrogens is 2. The average Bonchev–Trinajstić information content (AvgIpc) is 2.34. The Bertz CT molecular complexity index is 250. The van der Waals surface area contributed by atoms with Gasteiger partial charge in [-0.3, -0.25) is 0 Å². The molecule has 3 nitrogen and oxygen atoms in total. The lowest BCUT2D eigenvalue weighted by Gasteiger charge is -2.40. The van der Waals surface area contributed by atoms with Crippen molar-refractivity contribution >= 4 is 31.4 Å². The highest BCUT2D eigenvalue weighted by Crippen LogP contribution is 2.20. The molecule has 1 aromatic rings. The Morgan fingerprint density at radius 2 is 1.92 bits per heavy atom. The molecule has 0 atom stereocenters. The van der Waals surface area contributed by atoms with Crippen LogP contribution in [0.25, 0.3) is 0 Å². The maximum atomic E-state index is 5.59. The molecule has 1 heterocycles. The molecule has 0 aromatic carbocycles. The number of nitrogens with one attached hydrogen (secondary N) is 1. The van der Waals surface area contributed by atoms with E-state index in [1.54, 1.807) is 0 Å². The normalized spacial score (nSPS) is 13.1. The Kier molecular flexibility index (Phi) is 2.17. The lowest BCUT2D eigenvalue weighted by Crippen LogP contribution is -2.60. The number of aromatic amines is 1. The molecular weight excluding hydrogens is 145 g/mol. The van der Waals surface area contributed by atoms with Gasteiger partial charge in [0.1, 0.15) is 0 Å². The van der Waals surface area contributed by atoms with Gasteiger partial charge >= 0.3 is 0 Å². The van der Waals surface area contributed by atoms with E-state index in [0.717, 1.165) is 0 Å². The molecule has 52 valence electrons. The van der Waals surface area contributed by atoms with Crippen LogP contribution in [0.4, 0.5) is 0 Å². The van der Waals surface area contributed by atoms with Crippen molar-refractivity contribution in [1.82, 2.24) is 9.97 Å². The Labute approximate surface area is 76.5 Å². The Morgan fingerprint density at radius 3 is 2.25 bits per heavy atom. The van der Waals surface area contributed by atoms with Crippen LogP contribution in [0.5, 0.6) is 0 Å². The fourth-order valence-electron chi connectivity index (χ4n) is 0.715. The lowest BCUT2D eigenvalue weighted by molar-refractivity contribution is 0.694. The van der Waals surface area contributed by atoms with Crippen molar-refractivity contribution in [1.29, 1.82) is 0 Å². The molecule has 0 saturated heterocycles. The smallest absolute Gasteiger partial charge is 0.0921 e. The summed E-state index contributed by atoms with van der Waals surface area (Å²) in [5.74, 6) is 0. The summed E-state index contributed by atoms with van der Waals surface area (Å²) >= 11 is 0. The molecular formula is C5H5B4N3. The maximum absolute atomic E-state index is 5.59. The first-order valence-electron chi connectivity index (χ1n) is 3.29. The summed E-state index contributed by atoms with van der Waals surface area (Å²) in [4.78, 5) is 6.40. The second kappa shape index (κ2) is 2.73. The first kappa shape index (κ1) is 9.52. The van der Waals surface area contributed by atoms with Gasteiger partial charge in [-0.1, -0.05) is 10.6 Å². The van der Waals surface area contributed by atoms with E-state index >= 15 is 0 Å². The number of hydrogen-bond donors (Lipinski definition) is 2. The van der Waals surface area contributed by atoms with E-state index in [-0.39, 0.29) is 0 Å². The Balaban J connectivity index is 3.02. The monoisotopic (exact) mass is 151 g/mol. The van der Waals surface area contributed by atoms with Crippen LogP contribution in [0.2, 0.25) is 0 Å². The van der Waals surface area contributed by atoms with Crippen molar-refractivity contribution in [2.24, 2.45) is 5.73 Å². The highest BCUT2D eigenvalue weighted by molar-refractivity contribution is 6.54. The molecule has 3 N–H and O–H groups in total. The molecule has 0 aliphatic carbocycles. The van der Waals surface area contributed by atoms with Crippen molar-refractivity contribution in [3.63, 3.8) is 0 Å². The molecule has 8 radical (unpaired) electrons. The van der Waals surface area contributed by atoms with Crippen LogP contribution in [-0.2, 0) is 5.21 Å². The van der Waals surface area contributed by atoms with Gasteiger partial charge in [-0.15, -0.1) is 0 Å². The van der Waals surface area contributed by atoms with Crippen molar-refractivity contribution in [3.05, 3.63) is 18.2 Å². The van der Waals surface area contributed by atoms with E-state index in [4.69, 9.17) is 37.1 Å². The SMILES string of the molecule is [B]C([B])(N)C([B])([B])c1cnc[nH]1. The standard InChI is InChI=1S/C5H5B4N3/c6-4(7,5(8,9)10)3-1-11-2-12-3/h1-2H,10H2,(H,11,12). The van der Waals surface area contributed by atoms with Gasteiger partial charge in [0.25, 0.3) is 0 Å². The summed E-state index contributed by atoms with van der Waals surface area (Å²) in [6.45, 7) is 0. The molecule has 0 fully saturated rings. The van der Waals surface area contributed by atoms with Gasteiger partial charge in [0.15, 0.2) is 0 Å². The molecule has 1 aromatic heterocycles. The van der Waals surface area contributed by atoms with Crippen LogP contribution in [0.3, 0.4) is 0 Å². The predicted octanol–water partition coefficient (Wildman–Crippen LogP) is -2.15. The highest BCUT2D eigenvalue weighted by atomic mass is 14.9. The molecule has 0 unspecified atom stereocenters. The lowest BCUT2D eigenvalue weighted by atomic mass is 9.33. The molecule has 12 heavy (non-hydrogen) atoms. The summed E-state index contributed by atoms with van der Waals surface area (Å²) in [7, 11) is 21.9. The van der Waals surface area contributed by atoms with E-state index in [2.05, 4.69) is 9.97 Å². The quantitative estimate of drug-likeness (QED) is 0.472. The van der Waals surface area contributed by atoms with Crippen LogP contribution in [-0.4, -0.2) is 46.7 Å². The zero-order valence-electron chi connectivity index (χ0n) is 6.49. The number of nitrogens with two attached hydrogens (primary N) is 1. The minimum Gasteiger partial charge on any atom is -0.349 e.